The lowest BCUT2D eigenvalue weighted by atomic mass is 9.89. The van der Waals surface area contributed by atoms with Crippen molar-refractivity contribution in [1.82, 2.24) is 10.2 Å². The van der Waals surface area contributed by atoms with Crippen molar-refractivity contribution >= 4 is 15.7 Å². The van der Waals surface area contributed by atoms with Gasteiger partial charge in [0.25, 0.3) is 0 Å². The highest BCUT2D eigenvalue weighted by Crippen LogP contribution is 2.27. The molecular weight excluding hydrogens is 288 g/mol. The van der Waals surface area contributed by atoms with Crippen molar-refractivity contribution in [2.75, 3.05) is 25.4 Å². The Kier molecular flexibility index (Phi) is 4.54. The van der Waals surface area contributed by atoms with E-state index in [0.29, 0.717) is 24.8 Å². The van der Waals surface area contributed by atoms with Gasteiger partial charge in [0.15, 0.2) is 9.84 Å². The zero-order valence-corrected chi connectivity index (χ0v) is 13.4. The van der Waals surface area contributed by atoms with Gasteiger partial charge in [-0.2, -0.15) is 0 Å². The second kappa shape index (κ2) is 6.24. The molecular formula is C15H26N2O3S. The Morgan fingerprint density at radius 3 is 2.62 bits per heavy atom. The Morgan fingerprint density at radius 2 is 1.90 bits per heavy atom. The number of nitrogens with zero attached hydrogens (tertiary/aromatic N) is 1. The Labute approximate surface area is 127 Å². The number of rotatable bonds is 2. The van der Waals surface area contributed by atoms with E-state index < -0.39 is 15.1 Å². The summed E-state index contributed by atoms with van der Waals surface area (Å²) in [4.78, 5) is 14.5. The molecule has 3 aliphatic rings. The molecule has 3 fully saturated rings. The standard InChI is InChI=1S/C15H26N2O3S/c18-15(14-7-1-2-10-21(14,19)20)17-9-4-5-12(11-17)13-6-3-8-16-13/h12-14,16H,1-11H2. The molecule has 1 amide bonds. The van der Waals surface area contributed by atoms with Crippen molar-refractivity contribution < 1.29 is 13.2 Å². The summed E-state index contributed by atoms with van der Waals surface area (Å²) in [5.74, 6) is 0.555. The molecule has 0 radical (unpaired) electrons. The lowest BCUT2D eigenvalue weighted by Crippen LogP contribution is -2.51. The van der Waals surface area contributed by atoms with Gasteiger partial charge in [-0.3, -0.25) is 4.79 Å². The number of hydrogen-bond acceptors (Lipinski definition) is 4. The highest BCUT2D eigenvalue weighted by Gasteiger charge is 2.39. The van der Waals surface area contributed by atoms with E-state index >= 15 is 0 Å². The van der Waals surface area contributed by atoms with E-state index in [1.807, 2.05) is 4.90 Å². The summed E-state index contributed by atoms with van der Waals surface area (Å²) in [5, 5.41) is 2.76. The Morgan fingerprint density at radius 1 is 1.05 bits per heavy atom. The first-order valence-electron chi connectivity index (χ1n) is 8.32. The normalized spacial score (nSPS) is 36.6. The van der Waals surface area contributed by atoms with Crippen LogP contribution in [0.25, 0.3) is 0 Å². The summed E-state index contributed by atoms with van der Waals surface area (Å²) >= 11 is 0. The van der Waals surface area contributed by atoms with E-state index in [2.05, 4.69) is 5.32 Å². The Hall–Kier alpha value is -0.620. The number of carbonyl (C=O) groups is 1. The SMILES string of the molecule is O=C(C1CCCCS1(=O)=O)N1CCCC(C2CCCN2)C1. The summed E-state index contributed by atoms with van der Waals surface area (Å²) in [5.41, 5.74) is 0. The maximum Gasteiger partial charge on any atom is 0.240 e. The fraction of sp³-hybridized carbons (Fsp3) is 0.933. The predicted octanol–water partition coefficient (Wildman–Crippen LogP) is 0.944. The molecule has 0 bridgehead atoms. The molecule has 0 aromatic carbocycles. The van der Waals surface area contributed by atoms with Gasteiger partial charge in [-0.1, -0.05) is 6.42 Å². The molecule has 1 N–H and O–H groups in total. The molecule has 21 heavy (non-hydrogen) atoms. The molecule has 0 aliphatic carbocycles. The van der Waals surface area contributed by atoms with Gasteiger partial charge in [-0.15, -0.1) is 0 Å². The molecule has 6 heteroatoms. The van der Waals surface area contributed by atoms with Crippen LogP contribution in [0.4, 0.5) is 0 Å². The Balaban J connectivity index is 1.66. The summed E-state index contributed by atoms with van der Waals surface area (Å²) in [6.45, 7) is 2.54. The molecule has 5 nitrogen and oxygen atoms in total. The summed E-state index contributed by atoms with van der Waals surface area (Å²) < 4.78 is 24.3. The van der Waals surface area contributed by atoms with Crippen LogP contribution in [0.1, 0.15) is 44.9 Å². The van der Waals surface area contributed by atoms with Crippen LogP contribution in [0.2, 0.25) is 0 Å². The molecule has 3 saturated heterocycles. The van der Waals surface area contributed by atoms with Crippen molar-refractivity contribution in [1.29, 1.82) is 0 Å². The summed E-state index contributed by atoms with van der Waals surface area (Å²) in [7, 11) is -3.22. The van der Waals surface area contributed by atoms with Crippen LogP contribution in [0.15, 0.2) is 0 Å². The fourth-order valence-electron chi connectivity index (χ4n) is 4.09. The number of hydrogen-bond donors (Lipinski definition) is 1. The molecule has 0 aromatic rings. The lowest BCUT2D eigenvalue weighted by molar-refractivity contribution is -0.133. The van der Waals surface area contributed by atoms with Gasteiger partial charge in [-0.25, -0.2) is 8.42 Å². The summed E-state index contributed by atoms with van der Waals surface area (Å²) in [6, 6.07) is 0.517. The van der Waals surface area contributed by atoms with Crippen molar-refractivity contribution in [2.45, 2.75) is 56.2 Å². The van der Waals surface area contributed by atoms with Gasteiger partial charge < -0.3 is 10.2 Å². The van der Waals surface area contributed by atoms with Gasteiger partial charge >= 0.3 is 0 Å². The van der Waals surface area contributed by atoms with E-state index in [4.69, 9.17) is 0 Å². The molecule has 3 unspecified atom stereocenters. The van der Waals surface area contributed by atoms with Crippen LogP contribution in [0, 0.1) is 5.92 Å². The molecule has 3 rings (SSSR count). The van der Waals surface area contributed by atoms with Crippen molar-refractivity contribution in [3.8, 4) is 0 Å². The van der Waals surface area contributed by atoms with Crippen molar-refractivity contribution in [3.05, 3.63) is 0 Å². The first kappa shape index (κ1) is 15.3. The van der Waals surface area contributed by atoms with Crippen LogP contribution >= 0.6 is 0 Å². The van der Waals surface area contributed by atoms with E-state index in [1.165, 1.54) is 12.8 Å². The molecule has 3 heterocycles. The molecule has 3 atom stereocenters. The van der Waals surface area contributed by atoms with Crippen molar-refractivity contribution in [2.24, 2.45) is 5.92 Å². The zero-order chi connectivity index (χ0) is 14.9. The molecule has 3 aliphatic heterocycles. The average molecular weight is 314 g/mol. The fourth-order valence-corrected chi connectivity index (χ4v) is 5.96. The minimum absolute atomic E-state index is 0.127. The van der Waals surface area contributed by atoms with Crippen molar-refractivity contribution in [3.63, 3.8) is 0 Å². The monoisotopic (exact) mass is 314 g/mol. The average Bonchev–Trinajstić information content (AvgIpc) is 3.00. The third-order valence-corrected chi connectivity index (χ3v) is 7.45. The van der Waals surface area contributed by atoms with E-state index in [1.54, 1.807) is 0 Å². The molecule has 120 valence electrons. The van der Waals surface area contributed by atoms with Gasteiger partial charge in [0.1, 0.15) is 5.25 Å². The molecule has 0 aromatic heterocycles. The maximum atomic E-state index is 12.7. The Bertz CT molecular complexity index is 485. The van der Waals surface area contributed by atoms with Gasteiger partial charge in [-0.05, 0) is 51.0 Å². The van der Waals surface area contributed by atoms with Gasteiger partial charge in [0, 0.05) is 19.1 Å². The second-order valence-corrected chi connectivity index (χ2v) is 9.04. The quantitative estimate of drug-likeness (QED) is 0.824. The third kappa shape index (κ3) is 3.26. The largest absolute Gasteiger partial charge is 0.341 e. The number of sulfone groups is 1. The first-order valence-corrected chi connectivity index (χ1v) is 10.0. The smallest absolute Gasteiger partial charge is 0.240 e. The highest BCUT2D eigenvalue weighted by atomic mass is 32.2. The lowest BCUT2D eigenvalue weighted by Gasteiger charge is -2.37. The van der Waals surface area contributed by atoms with Gasteiger partial charge in [0.2, 0.25) is 5.91 Å². The number of nitrogens with one attached hydrogen (secondary N) is 1. The number of carbonyl (C=O) groups excluding carboxylic acids is 1. The zero-order valence-electron chi connectivity index (χ0n) is 12.6. The minimum atomic E-state index is -3.22. The summed E-state index contributed by atoms with van der Waals surface area (Å²) in [6.07, 6.45) is 6.64. The first-order chi connectivity index (χ1) is 10.1. The van der Waals surface area contributed by atoms with E-state index in [-0.39, 0.29) is 11.7 Å². The number of likely N-dealkylation sites (tertiary alicyclic amines) is 1. The van der Waals surface area contributed by atoms with Crippen LogP contribution in [0.3, 0.4) is 0 Å². The minimum Gasteiger partial charge on any atom is -0.341 e. The van der Waals surface area contributed by atoms with Crippen LogP contribution in [-0.4, -0.2) is 55.9 Å². The highest BCUT2D eigenvalue weighted by molar-refractivity contribution is 7.92. The van der Waals surface area contributed by atoms with E-state index in [0.717, 1.165) is 38.9 Å². The topological polar surface area (TPSA) is 66.5 Å². The molecule has 0 spiro atoms. The number of amides is 1. The van der Waals surface area contributed by atoms with Crippen LogP contribution < -0.4 is 5.32 Å². The van der Waals surface area contributed by atoms with Crippen LogP contribution in [0.5, 0.6) is 0 Å². The molecule has 0 saturated carbocycles. The predicted molar refractivity (Wildman–Crippen MR) is 81.8 cm³/mol. The second-order valence-electron chi connectivity index (χ2n) is 6.74. The van der Waals surface area contributed by atoms with Gasteiger partial charge in [0.05, 0.1) is 5.75 Å². The van der Waals surface area contributed by atoms with E-state index in [9.17, 15) is 13.2 Å². The van der Waals surface area contributed by atoms with Crippen LogP contribution in [-0.2, 0) is 14.6 Å². The third-order valence-electron chi connectivity index (χ3n) is 5.29. The maximum absolute atomic E-state index is 12.7. The number of piperidine rings is 1.